The molecule has 0 bridgehead atoms. The van der Waals surface area contributed by atoms with Gasteiger partial charge in [-0.05, 0) is 49.7 Å². The number of anilines is 1. The van der Waals surface area contributed by atoms with Crippen LogP contribution in [-0.2, 0) is 14.8 Å². The first-order chi connectivity index (χ1) is 13.7. The highest BCUT2D eigenvalue weighted by molar-refractivity contribution is 8.18. The van der Waals surface area contributed by atoms with Crippen molar-refractivity contribution in [3.63, 3.8) is 0 Å². The van der Waals surface area contributed by atoms with Crippen LogP contribution < -0.4 is 5.32 Å². The average Bonchev–Trinajstić information content (AvgIpc) is 2.93. The van der Waals surface area contributed by atoms with Gasteiger partial charge in [0, 0.05) is 17.5 Å². The molecule has 1 heterocycles. The summed E-state index contributed by atoms with van der Waals surface area (Å²) in [5.74, 6) is -0.219. The minimum Gasteiger partial charge on any atom is -0.326 e. The van der Waals surface area contributed by atoms with Crippen molar-refractivity contribution in [2.75, 3.05) is 5.32 Å². The van der Waals surface area contributed by atoms with Gasteiger partial charge in [0.05, 0.1) is 16.1 Å². The number of para-hydroxylation sites is 1. The zero-order valence-electron chi connectivity index (χ0n) is 16.5. The molecule has 8 heteroatoms. The minimum atomic E-state index is -3.90. The Balaban J connectivity index is 2.08. The standard InChI is InChI=1S/C21H23N3O3S2/c1-5-21(4)15(2)28-20(23-17-9-7-6-8-10-17)24(21)29(26,27)19-13-11-18(12-14-19)22-16(3)25/h6-14H,2,5H2,1,3-4H3,(H,22,25)/t21-/m1/s1. The van der Waals surface area contributed by atoms with Gasteiger partial charge in [0.25, 0.3) is 10.0 Å². The monoisotopic (exact) mass is 429 g/mol. The Morgan fingerprint density at radius 2 is 1.79 bits per heavy atom. The van der Waals surface area contributed by atoms with E-state index in [1.807, 2.05) is 44.2 Å². The van der Waals surface area contributed by atoms with Crippen LogP contribution in [0.5, 0.6) is 0 Å². The zero-order valence-corrected chi connectivity index (χ0v) is 18.2. The van der Waals surface area contributed by atoms with Crippen LogP contribution in [0.4, 0.5) is 11.4 Å². The van der Waals surface area contributed by atoms with Gasteiger partial charge in [-0.25, -0.2) is 17.7 Å². The third-order valence-electron chi connectivity index (χ3n) is 4.82. The highest BCUT2D eigenvalue weighted by Gasteiger charge is 2.50. The lowest BCUT2D eigenvalue weighted by atomic mass is 9.99. The van der Waals surface area contributed by atoms with Crippen LogP contribution in [0, 0.1) is 0 Å². The molecule has 0 saturated carbocycles. The Hall–Kier alpha value is -2.58. The molecule has 0 aromatic heterocycles. The summed E-state index contributed by atoms with van der Waals surface area (Å²) in [5.41, 5.74) is 0.408. The van der Waals surface area contributed by atoms with E-state index in [4.69, 9.17) is 0 Å². The number of aliphatic imine (C=N–C) groups is 1. The summed E-state index contributed by atoms with van der Waals surface area (Å²) < 4.78 is 28.6. The molecule has 1 atom stereocenters. The first kappa shape index (κ1) is 21.1. The molecule has 1 saturated heterocycles. The average molecular weight is 430 g/mol. The molecule has 6 nitrogen and oxygen atoms in total. The van der Waals surface area contributed by atoms with Gasteiger partial charge in [-0.3, -0.25) is 4.79 Å². The van der Waals surface area contributed by atoms with Crippen LogP contribution in [0.15, 0.2) is 76.0 Å². The second-order valence-electron chi connectivity index (χ2n) is 6.86. The van der Waals surface area contributed by atoms with Crippen molar-refractivity contribution in [2.24, 2.45) is 4.99 Å². The van der Waals surface area contributed by atoms with Crippen molar-refractivity contribution in [1.82, 2.24) is 4.31 Å². The molecule has 0 aliphatic carbocycles. The Kier molecular flexibility index (Phi) is 5.86. The van der Waals surface area contributed by atoms with Crippen LogP contribution in [-0.4, -0.2) is 29.3 Å². The number of carbonyl (C=O) groups is 1. The maximum absolute atomic E-state index is 13.6. The van der Waals surface area contributed by atoms with E-state index < -0.39 is 15.6 Å². The molecule has 0 unspecified atom stereocenters. The summed E-state index contributed by atoms with van der Waals surface area (Å²) in [6, 6.07) is 15.4. The van der Waals surface area contributed by atoms with E-state index >= 15 is 0 Å². The lowest BCUT2D eigenvalue weighted by Gasteiger charge is -2.34. The number of benzene rings is 2. The molecule has 1 aliphatic heterocycles. The van der Waals surface area contributed by atoms with Crippen LogP contribution in [0.3, 0.4) is 0 Å². The number of nitrogens with zero attached hydrogens (tertiary/aromatic N) is 2. The van der Waals surface area contributed by atoms with Crippen molar-refractivity contribution >= 4 is 44.2 Å². The molecule has 1 aliphatic rings. The highest BCUT2D eigenvalue weighted by Crippen LogP contribution is 2.48. The van der Waals surface area contributed by atoms with Gasteiger partial charge in [0.2, 0.25) is 5.91 Å². The molecular formula is C21H23N3O3S2. The second-order valence-corrected chi connectivity index (χ2v) is 9.71. The highest BCUT2D eigenvalue weighted by atomic mass is 32.2. The van der Waals surface area contributed by atoms with E-state index in [0.717, 1.165) is 4.91 Å². The molecule has 2 aromatic rings. The number of hydrogen-bond acceptors (Lipinski definition) is 5. The maximum atomic E-state index is 13.6. The predicted molar refractivity (Wildman–Crippen MR) is 119 cm³/mol. The minimum absolute atomic E-state index is 0.127. The lowest BCUT2D eigenvalue weighted by molar-refractivity contribution is -0.114. The van der Waals surface area contributed by atoms with Crippen LogP contribution in [0.25, 0.3) is 0 Å². The summed E-state index contributed by atoms with van der Waals surface area (Å²) in [4.78, 5) is 16.7. The van der Waals surface area contributed by atoms with Crippen molar-refractivity contribution in [3.05, 3.63) is 66.1 Å². The number of nitrogens with one attached hydrogen (secondary N) is 1. The number of amidine groups is 1. The van der Waals surface area contributed by atoms with Crippen LogP contribution >= 0.6 is 11.8 Å². The van der Waals surface area contributed by atoms with E-state index in [1.165, 1.54) is 35.1 Å². The molecule has 3 rings (SSSR count). The fourth-order valence-corrected chi connectivity index (χ4v) is 6.28. The summed E-state index contributed by atoms with van der Waals surface area (Å²) in [6.07, 6.45) is 0.551. The van der Waals surface area contributed by atoms with E-state index in [9.17, 15) is 13.2 Å². The molecular weight excluding hydrogens is 406 g/mol. The van der Waals surface area contributed by atoms with Gasteiger partial charge >= 0.3 is 0 Å². The van der Waals surface area contributed by atoms with Gasteiger partial charge in [-0.15, -0.1) is 0 Å². The molecule has 1 fully saturated rings. The SMILES string of the molecule is C=C1SC(=Nc2ccccc2)N(S(=O)(=O)c2ccc(NC(C)=O)cc2)[C@]1(C)CC. The number of thioether (sulfide) groups is 1. The van der Waals surface area contributed by atoms with Gasteiger partial charge in [0.1, 0.15) is 0 Å². The Morgan fingerprint density at radius 3 is 2.34 bits per heavy atom. The molecule has 1 amide bonds. The number of carbonyl (C=O) groups excluding carboxylic acids is 1. The lowest BCUT2D eigenvalue weighted by Crippen LogP contribution is -2.47. The predicted octanol–water partition coefficient (Wildman–Crippen LogP) is 4.75. The normalized spacial score (nSPS) is 20.9. The zero-order chi connectivity index (χ0) is 21.2. The van der Waals surface area contributed by atoms with Crippen molar-refractivity contribution in [1.29, 1.82) is 0 Å². The number of hydrogen-bond donors (Lipinski definition) is 1. The quantitative estimate of drug-likeness (QED) is 0.744. The molecule has 2 aromatic carbocycles. The van der Waals surface area contributed by atoms with Crippen LogP contribution in [0.1, 0.15) is 27.2 Å². The third kappa shape index (κ3) is 4.09. The fourth-order valence-electron chi connectivity index (χ4n) is 2.99. The molecule has 152 valence electrons. The van der Waals surface area contributed by atoms with Crippen molar-refractivity contribution in [3.8, 4) is 0 Å². The fraction of sp³-hybridized carbons (Fsp3) is 0.238. The Bertz CT molecular complexity index is 1060. The van der Waals surface area contributed by atoms with E-state index in [2.05, 4.69) is 16.9 Å². The molecule has 0 radical (unpaired) electrons. The molecule has 29 heavy (non-hydrogen) atoms. The second kappa shape index (κ2) is 8.04. The first-order valence-electron chi connectivity index (χ1n) is 9.12. The number of rotatable bonds is 5. The Morgan fingerprint density at radius 1 is 1.17 bits per heavy atom. The van der Waals surface area contributed by atoms with E-state index in [-0.39, 0.29) is 10.8 Å². The van der Waals surface area contributed by atoms with Crippen LogP contribution in [0.2, 0.25) is 0 Å². The molecule has 1 N–H and O–H groups in total. The van der Waals surface area contributed by atoms with E-state index in [1.54, 1.807) is 12.1 Å². The maximum Gasteiger partial charge on any atom is 0.266 e. The smallest absolute Gasteiger partial charge is 0.266 e. The van der Waals surface area contributed by atoms with Crippen molar-refractivity contribution in [2.45, 2.75) is 37.6 Å². The van der Waals surface area contributed by atoms with E-state index in [0.29, 0.717) is 23.0 Å². The van der Waals surface area contributed by atoms with Gasteiger partial charge in [-0.1, -0.05) is 43.5 Å². The summed E-state index contributed by atoms with van der Waals surface area (Å²) in [5, 5.41) is 3.01. The van der Waals surface area contributed by atoms with Gasteiger partial charge in [0.15, 0.2) is 5.17 Å². The summed E-state index contributed by atoms with van der Waals surface area (Å²) in [6.45, 7) is 9.29. The third-order valence-corrected chi connectivity index (χ3v) is 8.00. The number of amides is 1. The first-order valence-corrected chi connectivity index (χ1v) is 11.4. The van der Waals surface area contributed by atoms with Gasteiger partial charge < -0.3 is 5.32 Å². The number of sulfonamides is 1. The van der Waals surface area contributed by atoms with Gasteiger partial charge in [-0.2, -0.15) is 0 Å². The summed E-state index contributed by atoms with van der Waals surface area (Å²) >= 11 is 1.28. The topological polar surface area (TPSA) is 78.8 Å². The molecule has 0 spiro atoms. The summed E-state index contributed by atoms with van der Waals surface area (Å²) in [7, 11) is -3.90. The Labute approximate surface area is 175 Å². The largest absolute Gasteiger partial charge is 0.326 e. The van der Waals surface area contributed by atoms with Crippen molar-refractivity contribution < 1.29 is 13.2 Å².